The molecule has 0 N–H and O–H groups in total. The second-order valence-corrected chi connectivity index (χ2v) is 4.91. The van der Waals surface area contributed by atoms with Gasteiger partial charge in [0.25, 0.3) is 0 Å². The van der Waals surface area contributed by atoms with Crippen LogP contribution in [0.1, 0.15) is 0 Å². The Morgan fingerprint density at radius 2 is 1.23 bits per heavy atom. The maximum absolute atomic E-state index is 5.70. The molecule has 0 bridgehead atoms. The fraction of sp³-hybridized carbons (Fsp3) is 0.158. The Morgan fingerprint density at radius 1 is 0.591 bits per heavy atom. The number of hydrogen-bond donors (Lipinski definition) is 0. The van der Waals surface area contributed by atoms with E-state index in [-0.39, 0.29) is 0 Å². The molecule has 0 spiro atoms. The molecule has 0 radical (unpaired) electrons. The zero-order valence-electron chi connectivity index (χ0n) is 12.9. The van der Waals surface area contributed by atoms with Gasteiger partial charge in [0, 0.05) is 21.9 Å². The summed E-state index contributed by atoms with van der Waals surface area (Å²) < 4.78 is 16.8. The summed E-state index contributed by atoms with van der Waals surface area (Å²) in [6, 6.07) is 18.0. The minimum absolute atomic E-state index is 0.804. The molecule has 0 saturated heterocycles. The molecule has 0 unspecified atom stereocenters. The second kappa shape index (κ2) is 5.98. The highest BCUT2D eigenvalue weighted by molar-refractivity contribution is 6.00. The van der Waals surface area contributed by atoms with E-state index in [1.807, 2.05) is 54.6 Å². The molecule has 3 aromatic carbocycles. The van der Waals surface area contributed by atoms with Crippen molar-refractivity contribution >= 4 is 10.8 Å². The van der Waals surface area contributed by atoms with Gasteiger partial charge in [-0.25, -0.2) is 0 Å². The first-order chi connectivity index (χ1) is 10.8. The van der Waals surface area contributed by atoms with Crippen molar-refractivity contribution in [2.75, 3.05) is 21.3 Å². The first-order valence-corrected chi connectivity index (χ1v) is 7.07. The average Bonchev–Trinajstić information content (AvgIpc) is 2.60. The summed E-state index contributed by atoms with van der Waals surface area (Å²) in [4.78, 5) is 0. The third-order valence-electron chi connectivity index (χ3n) is 3.78. The van der Waals surface area contributed by atoms with Crippen molar-refractivity contribution in [2.24, 2.45) is 0 Å². The molecule has 0 heterocycles. The monoisotopic (exact) mass is 294 g/mol. The van der Waals surface area contributed by atoms with E-state index < -0.39 is 0 Å². The Hall–Kier alpha value is -2.68. The predicted molar refractivity (Wildman–Crippen MR) is 89.0 cm³/mol. The van der Waals surface area contributed by atoms with E-state index in [1.54, 1.807) is 21.3 Å². The fourth-order valence-corrected chi connectivity index (χ4v) is 2.77. The van der Waals surface area contributed by atoms with E-state index in [4.69, 9.17) is 14.2 Å². The van der Waals surface area contributed by atoms with Crippen molar-refractivity contribution in [1.82, 2.24) is 0 Å². The van der Waals surface area contributed by atoms with Crippen LogP contribution in [0.3, 0.4) is 0 Å². The van der Waals surface area contributed by atoms with Crippen molar-refractivity contribution in [1.29, 1.82) is 0 Å². The predicted octanol–water partition coefficient (Wildman–Crippen LogP) is 4.53. The molecule has 0 atom stereocenters. The Balaban J connectivity index is 2.38. The summed E-state index contributed by atoms with van der Waals surface area (Å²) in [7, 11) is 5.04. The van der Waals surface area contributed by atoms with Crippen molar-refractivity contribution in [3.8, 4) is 28.4 Å². The van der Waals surface area contributed by atoms with Gasteiger partial charge in [0.2, 0.25) is 0 Å². The summed E-state index contributed by atoms with van der Waals surface area (Å²) >= 11 is 0. The van der Waals surface area contributed by atoms with E-state index in [0.717, 1.165) is 39.1 Å². The number of methoxy groups -OCH3 is 3. The summed E-state index contributed by atoms with van der Waals surface area (Å²) in [6.45, 7) is 0. The maximum atomic E-state index is 5.70. The first kappa shape index (κ1) is 14.3. The van der Waals surface area contributed by atoms with Gasteiger partial charge in [-0.3, -0.25) is 0 Å². The largest absolute Gasteiger partial charge is 0.496 e. The summed E-state index contributed by atoms with van der Waals surface area (Å²) in [6.07, 6.45) is 0. The number of para-hydroxylation sites is 1. The molecule has 0 aliphatic carbocycles. The second-order valence-electron chi connectivity index (χ2n) is 4.91. The van der Waals surface area contributed by atoms with E-state index in [1.165, 1.54) is 0 Å². The van der Waals surface area contributed by atoms with Gasteiger partial charge in [-0.15, -0.1) is 0 Å². The summed E-state index contributed by atoms with van der Waals surface area (Å²) in [5.41, 5.74) is 1.93. The van der Waals surface area contributed by atoms with Gasteiger partial charge >= 0.3 is 0 Å². The lowest BCUT2D eigenvalue weighted by molar-refractivity contribution is 0.408. The molecule has 3 rings (SSSR count). The van der Waals surface area contributed by atoms with Gasteiger partial charge in [-0.2, -0.15) is 0 Å². The third kappa shape index (κ3) is 2.25. The van der Waals surface area contributed by atoms with E-state index in [2.05, 4.69) is 0 Å². The van der Waals surface area contributed by atoms with Crippen molar-refractivity contribution in [3.05, 3.63) is 54.6 Å². The summed E-state index contributed by atoms with van der Waals surface area (Å²) in [5, 5.41) is 2.05. The lowest BCUT2D eigenvalue weighted by Gasteiger charge is -2.17. The zero-order chi connectivity index (χ0) is 15.5. The third-order valence-corrected chi connectivity index (χ3v) is 3.78. The molecule has 112 valence electrons. The molecule has 0 aliphatic heterocycles. The molecular formula is C19H18O3. The van der Waals surface area contributed by atoms with E-state index in [0.29, 0.717) is 0 Å². The molecule has 22 heavy (non-hydrogen) atoms. The van der Waals surface area contributed by atoms with Crippen LogP contribution in [0, 0.1) is 0 Å². The number of benzene rings is 3. The Bertz CT molecular complexity index is 809. The normalized spacial score (nSPS) is 10.5. The molecule has 0 amide bonds. The lowest BCUT2D eigenvalue weighted by atomic mass is 9.98. The van der Waals surface area contributed by atoms with Crippen LogP contribution >= 0.6 is 0 Å². The quantitative estimate of drug-likeness (QED) is 0.707. The Morgan fingerprint density at radius 3 is 1.91 bits per heavy atom. The highest BCUT2D eigenvalue weighted by Gasteiger charge is 2.17. The van der Waals surface area contributed by atoms with Gasteiger partial charge in [-0.1, -0.05) is 42.5 Å². The van der Waals surface area contributed by atoms with Crippen LogP contribution in [0.5, 0.6) is 17.2 Å². The minimum atomic E-state index is 0.804. The molecule has 0 aliphatic rings. The first-order valence-electron chi connectivity index (χ1n) is 7.07. The van der Waals surface area contributed by atoms with E-state index >= 15 is 0 Å². The van der Waals surface area contributed by atoms with Gasteiger partial charge in [-0.05, 0) is 12.1 Å². The van der Waals surface area contributed by atoms with E-state index in [9.17, 15) is 0 Å². The van der Waals surface area contributed by atoms with Gasteiger partial charge < -0.3 is 14.2 Å². The van der Waals surface area contributed by atoms with Gasteiger partial charge in [0.05, 0.1) is 21.3 Å². The van der Waals surface area contributed by atoms with Crippen molar-refractivity contribution in [2.45, 2.75) is 0 Å². The number of ether oxygens (including phenoxy) is 3. The van der Waals surface area contributed by atoms with Crippen LogP contribution in [-0.4, -0.2) is 21.3 Å². The van der Waals surface area contributed by atoms with Crippen LogP contribution < -0.4 is 14.2 Å². The molecule has 0 saturated carbocycles. The van der Waals surface area contributed by atoms with Gasteiger partial charge in [0.15, 0.2) is 0 Å². The highest BCUT2D eigenvalue weighted by atomic mass is 16.5. The Labute approximate surface area is 130 Å². The fourth-order valence-electron chi connectivity index (χ4n) is 2.77. The topological polar surface area (TPSA) is 27.7 Å². The SMILES string of the molecule is COc1ccccc1-c1cc(OC)c2ccccc2c1OC. The molecule has 3 heteroatoms. The minimum Gasteiger partial charge on any atom is -0.496 e. The maximum Gasteiger partial charge on any atom is 0.134 e. The molecule has 0 fully saturated rings. The lowest BCUT2D eigenvalue weighted by Crippen LogP contribution is -1.95. The van der Waals surface area contributed by atoms with Crippen molar-refractivity contribution < 1.29 is 14.2 Å². The highest BCUT2D eigenvalue weighted by Crippen LogP contribution is 2.44. The smallest absolute Gasteiger partial charge is 0.134 e. The molecule has 0 aromatic heterocycles. The molecule has 3 aromatic rings. The molecular weight excluding hydrogens is 276 g/mol. The average molecular weight is 294 g/mol. The molecule has 3 nitrogen and oxygen atoms in total. The van der Waals surface area contributed by atoms with Gasteiger partial charge in [0.1, 0.15) is 17.2 Å². The van der Waals surface area contributed by atoms with Crippen molar-refractivity contribution in [3.63, 3.8) is 0 Å². The number of hydrogen-bond acceptors (Lipinski definition) is 3. The number of fused-ring (bicyclic) bond motifs is 1. The summed E-state index contributed by atoms with van der Waals surface area (Å²) in [5.74, 6) is 2.44. The van der Waals surface area contributed by atoms with Crippen LogP contribution in [0.15, 0.2) is 54.6 Å². The zero-order valence-corrected chi connectivity index (χ0v) is 12.9. The number of rotatable bonds is 4. The standard InChI is InChI=1S/C19H18O3/c1-20-17-11-7-6-9-14(17)16-12-18(21-2)13-8-4-5-10-15(13)19(16)22-3/h4-12H,1-3H3. The van der Waals surface area contributed by atoms with Crippen LogP contribution in [0.2, 0.25) is 0 Å². The van der Waals surface area contributed by atoms with Crippen LogP contribution in [-0.2, 0) is 0 Å². The Kier molecular flexibility index (Phi) is 3.88. The van der Waals surface area contributed by atoms with Crippen LogP contribution in [0.4, 0.5) is 0 Å². The van der Waals surface area contributed by atoms with Crippen LogP contribution in [0.25, 0.3) is 21.9 Å².